The molecule has 2 atom stereocenters. The highest BCUT2D eigenvalue weighted by molar-refractivity contribution is 5.77. The van der Waals surface area contributed by atoms with E-state index in [1.165, 1.54) is 0 Å². The largest absolute Gasteiger partial charge is 0.389 e. The SMILES string of the molecule is C[C@@H](C(N)=O)[C@@H](N)C(C)(C)O. The van der Waals surface area contributed by atoms with E-state index in [-0.39, 0.29) is 0 Å². The van der Waals surface area contributed by atoms with Crippen molar-refractivity contribution in [1.29, 1.82) is 0 Å². The van der Waals surface area contributed by atoms with Gasteiger partial charge < -0.3 is 16.6 Å². The first-order chi connectivity index (χ1) is 4.76. The number of hydrogen-bond donors (Lipinski definition) is 3. The maximum Gasteiger partial charge on any atom is 0.221 e. The van der Waals surface area contributed by atoms with Crippen molar-refractivity contribution >= 4 is 5.91 Å². The molecule has 4 nitrogen and oxygen atoms in total. The number of hydrogen-bond acceptors (Lipinski definition) is 3. The predicted molar refractivity (Wildman–Crippen MR) is 42.6 cm³/mol. The van der Waals surface area contributed by atoms with Crippen LogP contribution in [0.2, 0.25) is 0 Å². The summed E-state index contributed by atoms with van der Waals surface area (Å²) < 4.78 is 0. The highest BCUT2D eigenvalue weighted by Gasteiger charge is 2.30. The van der Waals surface area contributed by atoms with Gasteiger partial charge in [-0.25, -0.2) is 0 Å². The van der Waals surface area contributed by atoms with Crippen molar-refractivity contribution in [2.75, 3.05) is 0 Å². The van der Waals surface area contributed by atoms with Crippen molar-refractivity contribution in [3.63, 3.8) is 0 Å². The van der Waals surface area contributed by atoms with Gasteiger partial charge in [-0.3, -0.25) is 4.79 Å². The van der Waals surface area contributed by atoms with Gasteiger partial charge in [0.25, 0.3) is 0 Å². The summed E-state index contributed by atoms with van der Waals surface area (Å²) in [6, 6.07) is -0.611. The van der Waals surface area contributed by atoms with Crippen LogP contribution in [-0.2, 0) is 4.79 Å². The first-order valence-corrected chi connectivity index (χ1v) is 3.54. The van der Waals surface area contributed by atoms with Gasteiger partial charge in [-0.05, 0) is 13.8 Å². The molecule has 0 aliphatic rings. The quantitative estimate of drug-likeness (QED) is 0.505. The van der Waals surface area contributed by atoms with Gasteiger partial charge in [0.2, 0.25) is 5.91 Å². The van der Waals surface area contributed by atoms with Crippen LogP contribution in [0.1, 0.15) is 20.8 Å². The van der Waals surface area contributed by atoms with Gasteiger partial charge in [0, 0.05) is 6.04 Å². The van der Waals surface area contributed by atoms with E-state index < -0.39 is 23.5 Å². The minimum Gasteiger partial charge on any atom is -0.389 e. The molecule has 1 amide bonds. The Bertz CT molecular complexity index is 151. The van der Waals surface area contributed by atoms with Gasteiger partial charge in [-0.1, -0.05) is 6.92 Å². The first kappa shape index (κ1) is 10.4. The van der Waals surface area contributed by atoms with Crippen LogP contribution in [0.3, 0.4) is 0 Å². The molecule has 0 saturated heterocycles. The molecule has 11 heavy (non-hydrogen) atoms. The second-order valence-electron chi connectivity index (χ2n) is 3.37. The van der Waals surface area contributed by atoms with E-state index in [4.69, 9.17) is 11.5 Å². The lowest BCUT2D eigenvalue weighted by atomic mass is 9.89. The summed E-state index contributed by atoms with van der Waals surface area (Å²) in [6.07, 6.45) is 0. The zero-order chi connectivity index (χ0) is 9.23. The van der Waals surface area contributed by atoms with Crippen molar-refractivity contribution in [2.45, 2.75) is 32.4 Å². The Morgan fingerprint density at radius 1 is 1.55 bits per heavy atom. The van der Waals surface area contributed by atoms with Gasteiger partial charge in [0.15, 0.2) is 0 Å². The molecule has 0 aromatic rings. The third kappa shape index (κ3) is 2.86. The molecule has 0 radical (unpaired) electrons. The average Bonchev–Trinajstić information content (AvgIpc) is 1.82. The molecule has 0 aliphatic carbocycles. The first-order valence-electron chi connectivity index (χ1n) is 3.54. The minimum absolute atomic E-state index is 0.486. The Labute approximate surface area is 66.6 Å². The van der Waals surface area contributed by atoms with E-state index >= 15 is 0 Å². The molecule has 0 bridgehead atoms. The second-order valence-corrected chi connectivity index (χ2v) is 3.37. The smallest absolute Gasteiger partial charge is 0.221 e. The molecule has 0 unspecified atom stereocenters. The lowest BCUT2D eigenvalue weighted by molar-refractivity contribution is -0.124. The predicted octanol–water partition coefficient (Wildman–Crippen LogP) is -0.794. The Morgan fingerprint density at radius 2 is 1.91 bits per heavy atom. The molecule has 0 aromatic carbocycles. The number of carbonyl (C=O) groups excluding carboxylic acids is 1. The standard InChI is InChI=1S/C7H16N2O2/c1-4(6(9)10)5(8)7(2,3)11/h4-5,11H,8H2,1-3H3,(H2,9,10)/t4-,5-/m1/s1. The molecular formula is C7H16N2O2. The Balaban J connectivity index is 4.25. The minimum atomic E-state index is -1.06. The fraction of sp³-hybridized carbons (Fsp3) is 0.857. The molecule has 0 aliphatic heterocycles. The molecule has 0 heterocycles. The van der Waals surface area contributed by atoms with E-state index in [1.54, 1.807) is 20.8 Å². The lowest BCUT2D eigenvalue weighted by Crippen LogP contribution is -2.51. The van der Waals surface area contributed by atoms with Crippen LogP contribution in [-0.4, -0.2) is 22.7 Å². The average molecular weight is 160 g/mol. The maximum atomic E-state index is 10.6. The van der Waals surface area contributed by atoms with E-state index in [1.807, 2.05) is 0 Å². The van der Waals surface area contributed by atoms with Crippen molar-refractivity contribution in [3.05, 3.63) is 0 Å². The highest BCUT2D eigenvalue weighted by atomic mass is 16.3. The van der Waals surface area contributed by atoms with Crippen LogP contribution in [0.4, 0.5) is 0 Å². The normalized spacial score (nSPS) is 17.5. The summed E-state index contributed by atoms with van der Waals surface area (Å²) in [4.78, 5) is 10.6. The number of carbonyl (C=O) groups is 1. The van der Waals surface area contributed by atoms with Crippen LogP contribution in [0.15, 0.2) is 0 Å². The van der Waals surface area contributed by atoms with E-state index in [0.717, 1.165) is 0 Å². The van der Waals surface area contributed by atoms with Crippen LogP contribution in [0.25, 0.3) is 0 Å². The third-order valence-corrected chi connectivity index (χ3v) is 1.80. The number of aliphatic hydroxyl groups is 1. The number of rotatable bonds is 3. The van der Waals surface area contributed by atoms with Crippen molar-refractivity contribution in [1.82, 2.24) is 0 Å². The Morgan fingerprint density at radius 3 is 2.00 bits per heavy atom. The topological polar surface area (TPSA) is 89.3 Å². The van der Waals surface area contributed by atoms with Crippen molar-refractivity contribution in [2.24, 2.45) is 17.4 Å². The highest BCUT2D eigenvalue weighted by Crippen LogP contribution is 2.13. The van der Waals surface area contributed by atoms with Crippen LogP contribution >= 0.6 is 0 Å². The second kappa shape index (κ2) is 3.19. The monoisotopic (exact) mass is 160 g/mol. The van der Waals surface area contributed by atoms with E-state index in [2.05, 4.69) is 0 Å². The van der Waals surface area contributed by atoms with Crippen LogP contribution in [0.5, 0.6) is 0 Å². The van der Waals surface area contributed by atoms with Crippen LogP contribution < -0.4 is 11.5 Å². The van der Waals surface area contributed by atoms with Crippen molar-refractivity contribution in [3.8, 4) is 0 Å². The molecule has 0 spiro atoms. The summed E-state index contributed by atoms with van der Waals surface area (Å²) >= 11 is 0. The zero-order valence-electron chi connectivity index (χ0n) is 7.16. The van der Waals surface area contributed by atoms with Gasteiger partial charge in [0.1, 0.15) is 0 Å². The van der Waals surface area contributed by atoms with Gasteiger partial charge in [0.05, 0.1) is 11.5 Å². The van der Waals surface area contributed by atoms with Crippen LogP contribution in [0, 0.1) is 5.92 Å². The summed E-state index contributed by atoms with van der Waals surface area (Å²) in [5, 5.41) is 9.37. The summed E-state index contributed by atoms with van der Waals surface area (Å²) in [6.45, 7) is 4.71. The lowest BCUT2D eigenvalue weighted by Gasteiger charge is -2.28. The summed E-state index contributed by atoms with van der Waals surface area (Å²) in [7, 11) is 0. The van der Waals surface area contributed by atoms with E-state index in [0.29, 0.717) is 0 Å². The summed E-state index contributed by atoms with van der Waals surface area (Å²) in [5.41, 5.74) is 9.49. The molecule has 0 aromatic heterocycles. The molecule has 0 fully saturated rings. The number of nitrogens with two attached hydrogens (primary N) is 2. The number of primary amides is 1. The molecule has 0 saturated carbocycles. The zero-order valence-corrected chi connectivity index (χ0v) is 7.16. The van der Waals surface area contributed by atoms with E-state index in [9.17, 15) is 9.90 Å². The molecular weight excluding hydrogens is 144 g/mol. The Hall–Kier alpha value is -0.610. The molecule has 4 heteroatoms. The fourth-order valence-corrected chi connectivity index (χ4v) is 0.789. The summed E-state index contributed by atoms with van der Waals surface area (Å²) in [5.74, 6) is -0.991. The maximum absolute atomic E-state index is 10.6. The third-order valence-electron chi connectivity index (χ3n) is 1.80. The van der Waals surface area contributed by atoms with Gasteiger partial charge >= 0.3 is 0 Å². The molecule has 66 valence electrons. The van der Waals surface area contributed by atoms with Gasteiger partial charge in [-0.15, -0.1) is 0 Å². The van der Waals surface area contributed by atoms with Gasteiger partial charge in [-0.2, -0.15) is 0 Å². The fourth-order valence-electron chi connectivity index (χ4n) is 0.789. The number of amides is 1. The Kier molecular flexibility index (Phi) is 3.02. The van der Waals surface area contributed by atoms with Crippen molar-refractivity contribution < 1.29 is 9.90 Å². The molecule has 0 rings (SSSR count). The molecule has 5 N–H and O–H groups in total.